The molecule has 0 saturated heterocycles. The molecule has 1 heterocycles. The van der Waals surface area contributed by atoms with E-state index in [1.807, 2.05) is 11.6 Å². The van der Waals surface area contributed by atoms with Crippen molar-refractivity contribution in [2.75, 3.05) is 20.1 Å². The van der Waals surface area contributed by atoms with E-state index in [1.54, 1.807) is 19.3 Å². The third-order valence-electron chi connectivity index (χ3n) is 3.35. The second kappa shape index (κ2) is 7.81. The summed E-state index contributed by atoms with van der Waals surface area (Å²) >= 11 is 0. The van der Waals surface area contributed by atoms with Gasteiger partial charge in [-0.2, -0.15) is 0 Å². The zero-order valence-electron chi connectivity index (χ0n) is 13.0. The van der Waals surface area contributed by atoms with Gasteiger partial charge in [-0.1, -0.05) is 20.3 Å². The van der Waals surface area contributed by atoms with Crippen LogP contribution in [0.1, 0.15) is 38.8 Å². The molecule has 0 fully saturated rings. The maximum atomic E-state index is 12.4. The monoisotopic (exact) mass is 301 g/mol. The minimum absolute atomic E-state index is 0.381. The second-order valence-corrected chi connectivity index (χ2v) is 7.18. The van der Waals surface area contributed by atoms with Crippen molar-refractivity contribution in [3.8, 4) is 0 Å². The fraction of sp³-hybridized carbons (Fsp3) is 0.714. The molecular formula is C14H27N3O2S. The van der Waals surface area contributed by atoms with Crippen LogP contribution in [-0.2, 0) is 23.6 Å². The van der Waals surface area contributed by atoms with Gasteiger partial charge >= 0.3 is 0 Å². The Morgan fingerprint density at radius 3 is 2.60 bits per heavy atom. The van der Waals surface area contributed by atoms with Crippen LogP contribution in [0.15, 0.2) is 17.2 Å². The van der Waals surface area contributed by atoms with Gasteiger partial charge in [-0.3, -0.25) is 0 Å². The van der Waals surface area contributed by atoms with Crippen molar-refractivity contribution in [3.05, 3.63) is 18.0 Å². The van der Waals surface area contributed by atoms with Crippen LogP contribution in [0, 0.1) is 0 Å². The summed E-state index contributed by atoms with van der Waals surface area (Å²) in [5.41, 5.74) is 0.987. The fourth-order valence-corrected chi connectivity index (χ4v) is 3.27. The summed E-state index contributed by atoms with van der Waals surface area (Å²) in [7, 11) is 0.170. The molecule has 0 atom stereocenters. The number of aromatic nitrogens is 1. The Morgan fingerprint density at radius 2 is 2.00 bits per heavy atom. The lowest BCUT2D eigenvalue weighted by Crippen LogP contribution is -2.27. The van der Waals surface area contributed by atoms with Crippen LogP contribution in [0.25, 0.3) is 0 Å². The van der Waals surface area contributed by atoms with Gasteiger partial charge in [0.1, 0.15) is 4.90 Å². The topological polar surface area (TPSA) is 54.3 Å². The van der Waals surface area contributed by atoms with Crippen LogP contribution in [0.2, 0.25) is 0 Å². The Kier molecular flexibility index (Phi) is 6.71. The SMILES string of the molecule is CCCCN(C)S(=O)(=O)c1cc(CNCCC)n(C)c1. The van der Waals surface area contributed by atoms with E-state index in [1.165, 1.54) is 4.31 Å². The van der Waals surface area contributed by atoms with Gasteiger partial charge in [0.2, 0.25) is 10.0 Å². The zero-order chi connectivity index (χ0) is 15.2. The zero-order valence-corrected chi connectivity index (χ0v) is 13.8. The van der Waals surface area contributed by atoms with Crippen LogP contribution in [0.5, 0.6) is 0 Å². The van der Waals surface area contributed by atoms with Crippen molar-refractivity contribution >= 4 is 10.0 Å². The first-order chi connectivity index (χ1) is 9.43. The lowest BCUT2D eigenvalue weighted by atomic mass is 10.3. The summed E-state index contributed by atoms with van der Waals surface area (Å²) in [5, 5.41) is 3.29. The molecule has 0 saturated carbocycles. The van der Waals surface area contributed by atoms with Crippen molar-refractivity contribution in [2.45, 2.75) is 44.6 Å². The van der Waals surface area contributed by atoms with Crippen molar-refractivity contribution in [1.29, 1.82) is 0 Å². The van der Waals surface area contributed by atoms with E-state index >= 15 is 0 Å². The van der Waals surface area contributed by atoms with Gasteiger partial charge in [-0.15, -0.1) is 0 Å². The van der Waals surface area contributed by atoms with E-state index in [2.05, 4.69) is 19.2 Å². The molecule has 1 rings (SSSR count). The molecule has 0 aliphatic carbocycles. The molecule has 0 aliphatic rings. The molecule has 0 spiro atoms. The fourth-order valence-electron chi connectivity index (χ4n) is 1.97. The lowest BCUT2D eigenvalue weighted by Gasteiger charge is -2.15. The van der Waals surface area contributed by atoms with Crippen molar-refractivity contribution < 1.29 is 8.42 Å². The molecule has 0 aromatic carbocycles. The first-order valence-corrected chi connectivity index (χ1v) is 8.69. The van der Waals surface area contributed by atoms with Crippen molar-refractivity contribution in [1.82, 2.24) is 14.2 Å². The Balaban J connectivity index is 2.82. The highest BCUT2D eigenvalue weighted by atomic mass is 32.2. The van der Waals surface area contributed by atoms with Gasteiger partial charge in [0.05, 0.1) is 0 Å². The minimum Gasteiger partial charge on any atom is -0.352 e. The average molecular weight is 301 g/mol. The van der Waals surface area contributed by atoms with Gasteiger partial charge in [0, 0.05) is 39.1 Å². The van der Waals surface area contributed by atoms with E-state index in [0.29, 0.717) is 18.0 Å². The first kappa shape index (κ1) is 17.2. The van der Waals surface area contributed by atoms with E-state index in [-0.39, 0.29) is 0 Å². The molecule has 116 valence electrons. The molecule has 6 heteroatoms. The van der Waals surface area contributed by atoms with E-state index < -0.39 is 10.0 Å². The van der Waals surface area contributed by atoms with Crippen LogP contribution >= 0.6 is 0 Å². The van der Waals surface area contributed by atoms with Crippen LogP contribution in [0.3, 0.4) is 0 Å². The molecule has 1 aromatic heterocycles. The number of nitrogens with one attached hydrogen (secondary N) is 1. The highest BCUT2D eigenvalue weighted by Gasteiger charge is 2.22. The number of aryl methyl sites for hydroxylation is 1. The average Bonchev–Trinajstić information content (AvgIpc) is 2.78. The maximum absolute atomic E-state index is 12.4. The third-order valence-corrected chi connectivity index (χ3v) is 5.17. The summed E-state index contributed by atoms with van der Waals surface area (Å²) < 4.78 is 28.2. The minimum atomic E-state index is -3.36. The Labute approximate surface area is 123 Å². The van der Waals surface area contributed by atoms with Crippen molar-refractivity contribution in [3.63, 3.8) is 0 Å². The van der Waals surface area contributed by atoms with Crippen molar-refractivity contribution in [2.24, 2.45) is 7.05 Å². The molecule has 1 aromatic rings. The highest BCUT2D eigenvalue weighted by molar-refractivity contribution is 7.89. The van der Waals surface area contributed by atoms with Gasteiger partial charge in [0.15, 0.2) is 0 Å². The van der Waals surface area contributed by atoms with E-state index in [4.69, 9.17) is 0 Å². The molecule has 1 N–H and O–H groups in total. The summed E-state index contributed by atoms with van der Waals surface area (Å²) in [4.78, 5) is 0.381. The molecular weight excluding hydrogens is 274 g/mol. The van der Waals surface area contributed by atoms with Gasteiger partial charge in [-0.25, -0.2) is 12.7 Å². The summed E-state index contributed by atoms with van der Waals surface area (Å²) in [6.07, 6.45) is 4.63. The number of hydrogen-bond acceptors (Lipinski definition) is 3. The Bertz CT molecular complexity index is 508. The quantitative estimate of drug-likeness (QED) is 0.709. The van der Waals surface area contributed by atoms with Crippen LogP contribution in [-0.4, -0.2) is 37.4 Å². The molecule has 0 bridgehead atoms. The molecule has 0 unspecified atom stereocenters. The van der Waals surface area contributed by atoms with Crippen LogP contribution < -0.4 is 5.32 Å². The second-order valence-electron chi connectivity index (χ2n) is 5.13. The normalized spacial score (nSPS) is 12.2. The Hall–Kier alpha value is -0.850. The maximum Gasteiger partial charge on any atom is 0.244 e. The first-order valence-electron chi connectivity index (χ1n) is 7.25. The van der Waals surface area contributed by atoms with Gasteiger partial charge in [-0.05, 0) is 25.5 Å². The molecule has 5 nitrogen and oxygen atoms in total. The highest BCUT2D eigenvalue weighted by Crippen LogP contribution is 2.18. The smallest absolute Gasteiger partial charge is 0.244 e. The van der Waals surface area contributed by atoms with Crippen LogP contribution in [0.4, 0.5) is 0 Å². The van der Waals surface area contributed by atoms with Gasteiger partial charge < -0.3 is 9.88 Å². The lowest BCUT2D eigenvalue weighted by molar-refractivity contribution is 0.459. The molecule has 0 amide bonds. The summed E-state index contributed by atoms with van der Waals surface area (Å²) in [6, 6.07) is 1.76. The van der Waals surface area contributed by atoms with E-state index in [0.717, 1.165) is 31.5 Å². The Morgan fingerprint density at radius 1 is 1.30 bits per heavy atom. The summed E-state index contributed by atoms with van der Waals surface area (Å²) in [5.74, 6) is 0. The number of rotatable bonds is 9. The standard InChI is InChI=1S/C14H27N3O2S/c1-5-7-9-17(4)20(18,19)14-10-13(16(3)12-14)11-15-8-6-2/h10,12,15H,5-9,11H2,1-4H3. The number of unbranched alkanes of at least 4 members (excludes halogenated alkanes) is 1. The third kappa shape index (κ3) is 4.33. The van der Waals surface area contributed by atoms with Gasteiger partial charge in [0.25, 0.3) is 0 Å². The van der Waals surface area contributed by atoms with E-state index in [9.17, 15) is 8.42 Å². The molecule has 0 aliphatic heterocycles. The number of hydrogen-bond donors (Lipinski definition) is 1. The molecule has 0 radical (unpaired) electrons. The predicted octanol–water partition coefficient (Wildman–Crippen LogP) is 1.95. The number of nitrogens with zero attached hydrogens (tertiary/aromatic N) is 2. The largest absolute Gasteiger partial charge is 0.352 e. The number of sulfonamides is 1. The molecule has 20 heavy (non-hydrogen) atoms. The summed E-state index contributed by atoms with van der Waals surface area (Å²) in [6.45, 7) is 6.36. The predicted molar refractivity (Wildman–Crippen MR) is 82.1 cm³/mol.